The van der Waals surface area contributed by atoms with Crippen molar-refractivity contribution in [3.05, 3.63) is 64.7 Å². The van der Waals surface area contributed by atoms with Gasteiger partial charge in [0.2, 0.25) is 0 Å². The topological polar surface area (TPSA) is 35.5 Å². The maximum absolute atomic E-state index is 12.1. The van der Waals surface area contributed by atoms with Crippen molar-refractivity contribution in [2.45, 2.75) is 20.5 Å². The summed E-state index contributed by atoms with van der Waals surface area (Å²) in [6, 6.07) is 13.3. The van der Waals surface area contributed by atoms with Crippen LogP contribution in [0.5, 0.6) is 5.75 Å². The Morgan fingerprint density at radius 2 is 1.90 bits per heavy atom. The van der Waals surface area contributed by atoms with E-state index in [9.17, 15) is 4.79 Å². The minimum atomic E-state index is -0.297. The van der Waals surface area contributed by atoms with Gasteiger partial charge in [0.15, 0.2) is 0 Å². The van der Waals surface area contributed by atoms with Gasteiger partial charge in [-0.1, -0.05) is 29.8 Å². The SMILES string of the molecule is COc1cccc(COC(=O)c2cc(C)ccc2C)c1. The lowest BCUT2D eigenvalue weighted by atomic mass is 10.1. The Hall–Kier alpha value is -2.29. The van der Waals surface area contributed by atoms with Crippen LogP contribution in [0, 0.1) is 13.8 Å². The van der Waals surface area contributed by atoms with Gasteiger partial charge in [0.1, 0.15) is 12.4 Å². The predicted molar refractivity (Wildman–Crippen MR) is 78.0 cm³/mol. The summed E-state index contributed by atoms with van der Waals surface area (Å²) < 4.78 is 10.5. The summed E-state index contributed by atoms with van der Waals surface area (Å²) >= 11 is 0. The number of esters is 1. The molecule has 2 aromatic carbocycles. The van der Waals surface area contributed by atoms with Crippen LogP contribution in [0.4, 0.5) is 0 Å². The number of carbonyl (C=O) groups excluding carboxylic acids is 1. The normalized spacial score (nSPS) is 10.2. The van der Waals surface area contributed by atoms with E-state index in [1.165, 1.54) is 0 Å². The molecule has 0 aliphatic heterocycles. The van der Waals surface area contributed by atoms with Gasteiger partial charge in [0, 0.05) is 0 Å². The van der Waals surface area contributed by atoms with Gasteiger partial charge < -0.3 is 9.47 Å². The average Bonchev–Trinajstić information content (AvgIpc) is 2.47. The molecule has 0 radical (unpaired) electrons. The van der Waals surface area contributed by atoms with Crippen molar-refractivity contribution in [1.82, 2.24) is 0 Å². The first kappa shape index (κ1) is 14.1. The Morgan fingerprint density at radius 3 is 2.65 bits per heavy atom. The van der Waals surface area contributed by atoms with Crippen LogP contribution in [0.1, 0.15) is 27.0 Å². The van der Waals surface area contributed by atoms with E-state index in [1.54, 1.807) is 7.11 Å². The van der Waals surface area contributed by atoms with Crippen molar-refractivity contribution in [3.63, 3.8) is 0 Å². The van der Waals surface area contributed by atoms with Crippen LogP contribution in [-0.2, 0) is 11.3 Å². The van der Waals surface area contributed by atoms with E-state index < -0.39 is 0 Å². The third kappa shape index (κ3) is 3.38. The molecule has 0 aliphatic carbocycles. The number of rotatable bonds is 4. The molecule has 2 rings (SSSR count). The Labute approximate surface area is 119 Å². The Morgan fingerprint density at radius 1 is 1.10 bits per heavy atom. The minimum Gasteiger partial charge on any atom is -0.497 e. The van der Waals surface area contributed by atoms with Crippen molar-refractivity contribution >= 4 is 5.97 Å². The van der Waals surface area contributed by atoms with Gasteiger partial charge in [-0.15, -0.1) is 0 Å². The molecule has 3 nitrogen and oxygen atoms in total. The molecule has 0 fully saturated rings. The maximum Gasteiger partial charge on any atom is 0.338 e. The number of methoxy groups -OCH3 is 1. The van der Waals surface area contributed by atoms with Gasteiger partial charge in [0.25, 0.3) is 0 Å². The summed E-state index contributed by atoms with van der Waals surface area (Å²) in [5, 5.41) is 0. The molecular weight excluding hydrogens is 252 g/mol. The third-order valence-electron chi connectivity index (χ3n) is 3.12. The highest BCUT2D eigenvalue weighted by Gasteiger charge is 2.11. The minimum absolute atomic E-state index is 0.239. The zero-order chi connectivity index (χ0) is 14.5. The van der Waals surface area contributed by atoms with Gasteiger partial charge in [0.05, 0.1) is 12.7 Å². The number of hydrogen-bond donors (Lipinski definition) is 0. The largest absolute Gasteiger partial charge is 0.497 e. The fourth-order valence-corrected chi connectivity index (χ4v) is 1.94. The number of carbonyl (C=O) groups is 1. The van der Waals surface area contributed by atoms with Gasteiger partial charge >= 0.3 is 5.97 Å². The highest BCUT2D eigenvalue weighted by atomic mass is 16.5. The molecule has 0 amide bonds. The van der Waals surface area contributed by atoms with Gasteiger partial charge in [-0.3, -0.25) is 0 Å². The molecule has 0 unspecified atom stereocenters. The average molecular weight is 270 g/mol. The van der Waals surface area contributed by atoms with E-state index in [4.69, 9.17) is 9.47 Å². The molecule has 0 saturated carbocycles. The number of hydrogen-bond acceptors (Lipinski definition) is 3. The second-order valence-electron chi connectivity index (χ2n) is 4.75. The lowest BCUT2D eigenvalue weighted by Crippen LogP contribution is -2.07. The van der Waals surface area contributed by atoms with E-state index in [0.717, 1.165) is 22.4 Å². The van der Waals surface area contributed by atoms with E-state index >= 15 is 0 Å². The Bertz CT molecular complexity index is 617. The summed E-state index contributed by atoms with van der Waals surface area (Å²) in [5.41, 5.74) is 3.49. The molecule has 104 valence electrons. The molecule has 0 saturated heterocycles. The van der Waals surface area contributed by atoms with Crippen molar-refractivity contribution in [2.75, 3.05) is 7.11 Å². The van der Waals surface area contributed by atoms with Crippen molar-refractivity contribution < 1.29 is 14.3 Å². The molecule has 0 heterocycles. The van der Waals surface area contributed by atoms with Gasteiger partial charge in [-0.2, -0.15) is 0 Å². The highest BCUT2D eigenvalue weighted by Crippen LogP contribution is 2.16. The van der Waals surface area contributed by atoms with Gasteiger partial charge in [-0.25, -0.2) is 4.79 Å². The summed E-state index contributed by atoms with van der Waals surface area (Å²) in [4.78, 5) is 12.1. The number of ether oxygens (including phenoxy) is 2. The van der Waals surface area contributed by atoms with Crippen LogP contribution in [0.3, 0.4) is 0 Å². The third-order valence-corrected chi connectivity index (χ3v) is 3.12. The molecule has 2 aromatic rings. The van der Waals surface area contributed by atoms with E-state index in [-0.39, 0.29) is 12.6 Å². The fraction of sp³-hybridized carbons (Fsp3) is 0.235. The standard InChI is InChI=1S/C17H18O3/c1-12-7-8-13(2)16(9-12)17(18)20-11-14-5-4-6-15(10-14)19-3/h4-10H,11H2,1-3H3. The van der Waals surface area contributed by atoms with Crippen LogP contribution >= 0.6 is 0 Å². The first-order chi connectivity index (χ1) is 9.60. The summed E-state index contributed by atoms with van der Waals surface area (Å²) in [7, 11) is 1.61. The quantitative estimate of drug-likeness (QED) is 0.795. The molecule has 0 aliphatic rings. The lowest BCUT2D eigenvalue weighted by molar-refractivity contribution is 0.0471. The second-order valence-corrected chi connectivity index (χ2v) is 4.75. The van der Waals surface area contributed by atoms with Crippen LogP contribution in [0.2, 0.25) is 0 Å². The maximum atomic E-state index is 12.1. The van der Waals surface area contributed by atoms with Crippen LogP contribution < -0.4 is 4.74 Å². The second kappa shape index (κ2) is 6.24. The molecular formula is C17H18O3. The monoisotopic (exact) mass is 270 g/mol. The molecule has 20 heavy (non-hydrogen) atoms. The smallest absolute Gasteiger partial charge is 0.338 e. The predicted octanol–water partition coefficient (Wildman–Crippen LogP) is 3.67. The van der Waals surface area contributed by atoms with Crippen LogP contribution in [0.15, 0.2) is 42.5 Å². The van der Waals surface area contributed by atoms with Crippen molar-refractivity contribution in [1.29, 1.82) is 0 Å². The Balaban J connectivity index is 2.06. The molecule has 0 atom stereocenters. The van der Waals surface area contributed by atoms with Crippen molar-refractivity contribution in [3.8, 4) is 5.75 Å². The zero-order valence-corrected chi connectivity index (χ0v) is 12.0. The summed E-state index contributed by atoms with van der Waals surface area (Å²) in [6.07, 6.45) is 0. The molecule has 0 N–H and O–H groups in total. The van der Waals surface area contributed by atoms with E-state index in [1.807, 2.05) is 56.3 Å². The van der Waals surface area contributed by atoms with Gasteiger partial charge in [-0.05, 0) is 43.2 Å². The fourth-order valence-electron chi connectivity index (χ4n) is 1.94. The first-order valence-corrected chi connectivity index (χ1v) is 6.47. The molecule has 0 bridgehead atoms. The Kier molecular flexibility index (Phi) is 4.41. The van der Waals surface area contributed by atoms with E-state index in [0.29, 0.717) is 5.56 Å². The van der Waals surface area contributed by atoms with Crippen molar-refractivity contribution in [2.24, 2.45) is 0 Å². The summed E-state index contributed by atoms with van der Waals surface area (Å²) in [6.45, 7) is 4.10. The zero-order valence-electron chi connectivity index (χ0n) is 12.0. The lowest BCUT2D eigenvalue weighted by Gasteiger charge is -2.09. The van der Waals surface area contributed by atoms with E-state index in [2.05, 4.69) is 0 Å². The molecule has 3 heteroatoms. The molecule has 0 aromatic heterocycles. The number of benzene rings is 2. The highest BCUT2D eigenvalue weighted by molar-refractivity contribution is 5.91. The first-order valence-electron chi connectivity index (χ1n) is 6.47. The van der Waals surface area contributed by atoms with Crippen LogP contribution in [-0.4, -0.2) is 13.1 Å². The number of aryl methyl sites for hydroxylation is 2. The van der Waals surface area contributed by atoms with Crippen LogP contribution in [0.25, 0.3) is 0 Å². The molecule has 0 spiro atoms. The summed E-state index contributed by atoms with van der Waals surface area (Å²) in [5.74, 6) is 0.458.